The number of anilines is 2. The van der Waals surface area contributed by atoms with Gasteiger partial charge in [0.2, 0.25) is 0 Å². The maximum atomic E-state index is 15.0. The van der Waals surface area contributed by atoms with Crippen molar-refractivity contribution < 1.29 is 31.5 Å². The fraction of sp³-hybridized carbons (Fsp3) is 0.0769. The summed E-state index contributed by atoms with van der Waals surface area (Å²) in [6.45, 7) is 0. The highest BCUT2D eigenvalue weighted by molar-refractivity contribution is 7.08. The number of nitrogens with one attached hydrogen (secondary N) is 1. The Hall–Kier alpha value is -4.85. The Morgan fingerprint density at radius 1 is 1.05 bits per heavy atom. The number of amides is 1. The van der Waals surface area contributed by atoms with E-state index in [1.807, 2.05) is 0 Å². The molecule has 0 aliphatic heterocycles. The van der Waals surface area contributed by atoms with Gasteiger partial charge in [-0.05, 0) is 54.0 Å². The van der Waals surface area contributed by atoms with Crippen LogP contribution in [0.15, 0.2) is 67.1 Å². The second-order valence-corrected chi connectivity index (χ2v) is 9.19. The highest BCUT2D eigenvalue weighted by atomic mass is 32.1. The minimum absolute atomic E-state index is 0.0148. The molecule has 3 heterocycles. The van der Waals surface area contributed by atoms with E-state index >= 15 is 0 Å². The minimum Gasteiger partial charge on any atom is -0.453 e. The molecule has 3 N–H and O–H groups in total. The lowest BCUT2D eigenvalue weighted by Gasteiger charge is -2.13. The van der Waals surface area contributed by atoms with Crippen molar-refractivity contribution in [3.63, 3.8) is 0 Å². The smallest absolute Gasteiger partial charge is 0.420 e. The van der Waals surface area contributed by atoms with Crippen LogP contribution in [-0.4, -0.2) is 25.0 Å². The van der Waals surface area contributed by atoms with Gasteiger partial charge in [-0.1, -0.05) is 0 Å². The molecular weight excluding hydrogens is 555 g/mol. The number of alkyl halides is 3. The largest absolute Gasteiger partial charge is 0.453 e. The number of halogens is 5. The molecule has 14 heteroatoms. The number of nitrogens with zero attached hydrogens (tertiary/aromatic N) is 4. The van der Waals surface area contributed by atoms with Crippen LogP contribution in [0.3, 0.4) is 0 Å². The molecule has 3 aromatic heterocycles. The van der Waals surface area contributed by atoms with Gasteiger partial charge in [0, 0.05) is 42.3 Å². The molecule has 0 saturated heterocycles. The van der Waals surface area contributed by atoms with Gasteiger partial charge in [-0.15, -0.1) is 0 Å². The van der Waals surface area contributed by atoms with E-state index in [0.717, 1.165) is 30.3 Å². The molecule has 204 valence electrons. The number of ether oxygens (including phenoxy) is 1. The fourth-order valence-electron chi connectivity index (χ4n) is 3.87. The Labute approximate surface area is 227 Å². The first-order valence-corrected chi connectivity index (χ1v) is 12.1. The van der Waals surface area contributed by atoms with Gasteiger partial charge in [0.15, 0.2) is 11.6 Å². The van der Waals surface area contributed by atoms with E-state index in [4.69, 9.17) is 10.5 Å². The summed E-state index contributed by atoms with van der Waals surface area (Å²) in [7, 11) is 1.71. The lowest BCUT2D eigenvalue weighted by atomic mass is 10.1. The highest BCUT2D eigenvalue weighted by Gasteiger charge is 2.41. The Bertz CT molecular complexity index is 1720. The number of rotatable bonds is 6. The fourth-order valence-corrected chi connectivity index (χ4v) is 4.68. The van der Waals surface area contributed by atoms with Crippen molar-refractivity contribution in [1.82, 2.24) is 19.1 Å². The molecule has 8 nitrogen and oxygen atoms in total. The molecule has 0 spiro atoms. The van der Waals surface area contributed by atoms with E-state index in [1.54, 1.807) is 17.9 Å². The molecule has 0 aliphatic rings. The molecule has 0 fully saturated rings. The lowest BCUT2D eigenvalue weighted by molar-refractivity contribution is -0.137. The van der Waals surface area contributed by atoms with Gasteiger partial charge in [0.05, 0.1) is 17.5 Å². The second-order valence-electron chi connectivity index (χ2n) is 8.41. The topological polar surface area (TPSA) is 108 Å². The summed E-state index contributed by atoms with van der Waals surface area (Å²) in [5.41, 5.74) is 5.04. The molecule has 0 atom stereocenters. The molecule has 0 radical (unpaired) electrons. The van der Waals surface area contributed by atoms with Crippen LogP contribution in [0.2, 0.25) is 0 Å². The van der Waals surface area contributed by atoms with E-state index in [-0.39, 0.29) is 28.6 Å². The highest BCUT2D eigenvalue weighted by Crippen LogP contribution is 2.42. The van der Waals surface area contributed by atoms with E-state index in [9.17, 15) is 26.7 Å². The third-order valence-electron chi connectivity index (χ3n) is 5.64. The Morgan fingerprint density at radius 3 is 2.45 bits per heavy atom. The number of pyridine rings is 1. The first kappa shape index (κ1) is 26.7. The van der Waals surface area contributed by atoms with Crippen molar-refractivity contribution in [2.75, 3.05) is 11.1 Å². The molecule has 0 saturated carbocycles. The first-order chi connectivity index (χ1) is 19.0. The predicted molar refractivity (Wildman–Crippen MR) is 138 cm³/mol. The molecule has 5 aromatic rings. The van der Waals surface area contributed by atoms with Gasteiger partial charge < -0.3 is 15.8 Å². The number of nitrogen functional groups attached to an aromatic ring is 1. The third-order valence-corrected chi connectivity index (χ3v) is 6.49. The monoisotopic (exact) mass is 572 g/mol. The molecule has 5 rings (SSSR count). The number of carbonyl (C=O) groups is 1. The number of nitrogens with two attached hydrogens (primary N) is 1. The maximum absolute atomic E-state index is 15.0. The lowest BCUT2D eigenvalue weighted by Crippen LogP contribution is -2.17. The molecule has 2 aromatic carbocycles. The van der Waals surface area contributed by atoms with E-state index in [1.165, 1.54) is 30.6 Å². The zero-order valence-corrected chi connectivity index (χ0v) is 21.1. The number of benzene rings is 2. The van der Waals surface area contributed by atoms with Gasteiger partial charge in [0.25, 0.3) is 5.91 Å². The van der Waals surface area contributed by atoms with E-state index in [2.05, 4.69) is 19.8 Å². The summed E-state index contributed by atoms with van der Waals surface area (Å²) in [6.07, 6.45) is -0.355. The number of aryl methyl sites for hydroxylation is 1. The maximum Gasteiger partial charge on any atom is 0.420 e. The SMILES string of the molecule is Cn1cc(-c2c(Oc3ccc(NC(=O)c4snc(-c5ccc(F)cc5)c4C(F)(F)F)cc3F)ccnc2N)cn1. The van der Waals surface area contributed by atoms with Crippen LogP contribution < -0.4 is 15.8 Å². The van der Waals surface area contributed by atoms with Crippen LogP contribution in [-0.2, 0) is 13.2 Å². The van der Waals surface area contributed by atoms with Crippen molar-refractivity contribution in [3.8, 4) is 33.9 Å². The molecule has 0 unspecified atom stereocenters. The summed E-state index contributed by atoms with van der Waals surface area (Å²) in [6, 6.07) is 9.08. The zero-order valence-electron chi connectivity index (χ0n) is 20.3. The van der Waals surface area contributed by atoms with Crippen LogP contribution in [0.5, 0.6) is 11.5 Å². The summed E-state index contributed by atoms with van der Waals surface area (Å²) >= 11 is 0.322. The predicted octanol–water partition coefficient (Wildman–Crippen LogP) is 6.53. The van der Waals surface area contributed by atoms with Crippen molar-refractivity contribution in [2.45, 2.75) is 6.18 Å². The Kier molecular flexibility index (Phi) is 6.94. The average Bonchev–Trinajstić information content (AvgIpc) is 3.53. The molecule has 0 bridgehead atoms. The Balaban J connectivity index is 1.40. The first-order valence-electron chi connectivity index (χ1n) is 11.4. The van der Waals surface area contributed by atoms with Crippen LogP contribution in [0, 0.1) is 11.6 Å². The average molecular weight is 573 g/mol. The molecule has 1 amide bonds. The van der Waals surface area contributed by atoms with Gasteiger partial charge in [-0.25, -0.2) is 13.8 Å². The van der Waals surface area contributed by atoms with Crippen LogP contribution >= 0.6 is 11.5 Å². The molecular formula is C26H17F5N6O2S. The minimum atomic E-state index is -4.94. The van der Waals surface area contributed by atoms with Gasteiger partial charge in [-0.3, -0.25) is 9.48 Å². The Morgan fingerprint density at radius 2 is 1.80 bits per heavy atom. The van der Waals surface area contributed by atoms with Crippen LogP contribution in [0.25, 0.3) is 22.4 Å². The van der Waals surface area contributed by atoms with Crippen molar-refractivity contribution in [3.05, 3.63) is 89.2 Å². The van der Waals surface area contributed by atoms with Crippen LogP contribution in [0.4, 0.5) is 33.5 Å². The van der Waals surface area contributed by atoms with E-state index < -0.39 is 39.9 Å². The number of aromatic nitrogens is 4. The quantitative estimate of drug-likeness (QED) is 0.224. The number of hydrogen-bond donors (Lipinski definition) is 2. The second kappa shape index (κ2) is 10.4. The van der Waals surface area contributed by atoms with Gasteiger partial charge in [0.1, 0.15) is 27.8 Å². The number of hydrogen-bond acceptors (Lipinski definition) is 7. The van der Waals surface area contributed by atoms with Gasteiger partial charge in [-0.2, -0.15) is 22.6 Å². The summed E-state index contributed by atoms with van der Waals surface area (Å²) in [5, 5.41) is 6.34. The van der Waals surface area contributed by atoms with Gasteiger partial charge >= 0.3 is 6.18 Å². The van der Waals surface area contributed by atoms with Crippen molar-refractivity contribution >= 4 is 28.9 Å². The standard InChI is InChI=1S/C26H17F5N6O2S/c1-37-12-14(11-34-37)20-19(8-9-33-24(20)32)39-18-7-6-16(10-17(18)28)35-25(38)23-21(26(29,30)31)22(36-40-23)13-2-4-15(27)5-3-13/h2-12H,1H3,(H2,32,33)(H,35,38). The third kappa shape index (κ3) is 5.33. The molecule has 40 heavy (non-hydrogen) atoms. The summed E-state index contributed by atoms with van der Waals surface area (Å²) in [4.78, 5) is 16.1. The number of carbonyl (C=O) groups excluding carboxylic acids is 1. The normalized spacial score (nSPS) is 11.4. The zero-order chi connectivity index (χ0) is 28.6. The molecule has 0 aliphatic carbocycles. The summed E-state index contributed by atoms with van der Waals surface area (Å²) < 4.78 is 81.1. The van der Waals surface area contributed by atoms with Crippen molar-refractivity contribution in [2.24, 2.45) is 7.05 Å². The van der Waals surface area contributed by atoms with Crippen LogP contribution in [0.1, 0.15) is 15.2 Å². The van der Waals surface area contributed by atoms with E-state index in [0.29, 0.717) is 22.7 Å². The summed E-state index contributed by atoms with van der Waals surface area (Å²) in [5.74, 6) is -2.62. The van der Waals surface area contributed by atoms with Crippen molar-refractivity contribution in [1.29, 1.82) is 0 Å².